The number of hydrogen-bond acceptors (Lipinski definition) is 1. The number of rotatable bonds is 32. The van der Waals surface area contributed by atoms with E-state index in [1.165, 1.54) is 154 Å². The highest BCUT2D eigenvalue weighted by Gasteiger charge is 2.04. The van der Waals surface area contributed by atoms with Crippen LogP contribution in [0.15, 0.2) is 48.6 Å². The van der Waals surface area contributed by atoms with Crippen molar-refractivity contribution in [2.45, 2.75) is 168 Å². The van der Waals surface area contributed by atoms with E-state index in [9.17, 15) is 0 Å². The molecule has 0 saturated heterocycles. The first-order valence-corrected chi connectivity index (χ1v) is 18.3. The van der Waals surface area contributed by atoms with Gasteiger partial charge in [0.1, 0.15) is 0 Å². The maximum atomic E-state index is 6.09. The summed E-state index contributed by atoms with van der Waals surface area (Å²) in [5.41, 5.74) is 0. The van der Waals surface area contributed by atoms with E-state index in [0.717, 1.165) is 25.3 Å². The number of halogens is 1. The zero-order valence-corrected chi connectivity index (χ0v) is 28.0. The molecule has 0 amide bonds. The van der Waals surface area contributed by atoms with Crippen molar-refractivity contribution < 1.29 is 0 Å². The molecule has 0 N–H and O–H groups in total. The van der Waals surface area contributed by atoms with E-state index in [0.29, 0.717) is 0 Å². The lowest BCUT2D eigenvalue weighted by molar-refractivity contribution is 0.274. The lowest BCUT2D eigenvalue weighted by atomic mass is 10.1. The highest BCUT2D eigenvalue weighted by Crippen LogP contribution is 2.11. The van der Waals surface area contributed by atoms with Crippen LogP contribution in [0.3, 0.4) is 0 Å². The Kier molecular flexibility index (Phi) is 35.5. The predicted octanol–water partition coefficient (Wildman–Crippen LogP) is 13.2. The summed E-state index contributed by atoms with van der Waals surface area (Å²) in [7, 11) is 0. The molecule has 0 aromatic rings. The molecular weight excluding hydrogens is 506 g/mol. The molecule has 0 aromatic heterocycles. The summed E-state index contributed by atoms with van der Waals surface area (Å²) in [6, 6.07) is 0. The van der Waals surface area contributed by atoms with E-state index in [1.54, 1.807) is 0 Å². The fourth-order valence-electron chi connectivity index (χ4n) is 5.10. The van der Waals surface area contributed by atoms with Crippen molar-refractivity contribution in [2.75, 3.05) is 25.5 Å². The maximum absolute atomic E-state index is 6.09. The van der Waals surface area contributed by atoms with Crippen LogP contribution >= 0.6 is 11.6 Å². The largest absolute Gasteiger partial charge is 0.302 e. The van der Waals surface area contributed by atoms with Gasteiger partial charge in [-0.15, -0.1) is 11.6 Å². The van der Waals surface area contributed by atoms with Crippen LogP contribution in [0.25, 0.3) is 0 Å². The van der Waals surface area contributed by atoms with Crippen molar-refractivity contribution in [1.29, 1.82) is 0 Å². The van der Waals surface area contributed by atoms with Gasteiger partial charge >= 0.3 is 0 Å². The van der Waals surface area contributed by atoms with E-state index in [-0.39, 0.29) is 0 Å². The monoisotopic (exact) mass is 576 g/mol. The van der Waals surface area contributed by atoms with Gasteiger partial charge in [-0.2, -0.15) is 0 Å². The molecular formula is C38H70ClN. The minimum Gasteiger partial charge on any atom is -0.302 e. The lowest BCUT2D eigenvalue weighted by Gasteiger charge is -2.21. The van der Waals surface area contributed by atoms with Crippen LogP contribution in [0.4, 0.5) is 0 Å². The molecule has 0 fully saturated rings. The standard InChI is InChI=1S/C38H70ClN/c1-3-5-7-9-11-13-15-17-19-21-23-25-27-29-31-33-36-40(38-35-39)37-34-32-30-28-26-24-22-20-18-16-14-12-10-8-6-4-2/h11-14,17-20H,3-10,15-16,21-38H2,1-2H3/b13-11-,14-12?,19-17-,20-18?. The van der Waals surface area contributed by atoms with Gasteiger partial charge in [-0.1, -0.05) is 140 Å². The molecule has 40 heavy (non-hydrogen) atoms. The Morgan fingerprint density at radius 1 is 0.375 bits per heavy atom. The van der Waals surface area contributed by atoms with Crippen LogP contribution in [0, 0.1) is 0 Å². The summed E-state index contributed by atoms with van der Waals surface area (Å²) in [4.78, 5) is 2.61. The Morgan fingerprint density at radius 3 is 1.05 bits per heavy atom. The number of unbranched alkanes of at least 4 members (excludes halogenated alkanes) is 18. The van der Waals surface area contributed by atoms with Crippen molar-refractivity contribution >= 4 is 11.6 Å². The van der Waals surface area contributed by atoms with Crippen LogP contribution in [-0.2, 0) is 0 Å². The normalized spacial score (nSPS) is 12.5. The third kappa shape index (κ3) is 33.4. The summed E-state index contributed by atoms with van der Waals surface area (Å²) in [6.45, 7) is 8.07. The van der Waals surface area contributed by atoms with Gasteiger partial charge in [-0.05, 0) is 90.1 Å². The van der Waals surface area contributed by atoms with Gasteiger partial charge in [-0.25, -0.2) is 0 Å². The first kappa shape index (κ1) is 39.2. The summed E-state index contributed by atoms with van der Waals surface area (Å²) in [5.74, 6) is 0.768. The Labute approximate surface area is 258 Å². The van der Waals surface area contributed by atoms with Crippen molar-refractivity contribution in [3.63, 3.8) is 0 Å². The molecule has 234 valence electrons. The molecule has 1 nitrogen and oxygen atoms in total. The minimum atomic E-state index is 0.768. The van der Waals surface area contributed by atoms with Gasteiger partial charge in [0.25, 0.3) is 0 Å². The van der Waals surface area contributed by atoms with Crippen LogP contribution in [0.1, 0.15) is 168 Å². The van der Waals surface area contributed by atoms with Crippen LogP contribution in [0.5, 0.6) is 0 Å². The van der Waals surface area contributed by atoms with Gasteiger partial charge in [-0.3, -0.25) is 0 Å². The van der Waals surface area contributed by atoms with E-state index in [4.69, 9.17) is 11.6 Å². The zero-order valence-electron chi connectivity index (χ0n) is 27.2. The first-order chi connectivity index (χ1) is 19.8. The lowest BCUT2D eigenvalue weighted by Crippen LogP contribution is -2.28. The van der Waals surface area contributed by atoms with E-state index >= 15 is 0 Å². The molecule has 0 unspecified atom stereocenters. The molecule has 0 bridgehead atoms. The summed E-state index contributed by atoms with van der Waals surface area (Å²) < 4.78 is 0. The zero-order chi connectivity index (χ0) is 29.0. The molecule has 0 aliphatic heterocycles. The average Bonchev–Trinajstić information content (AvgIpc) is 2.96. The number of nitrogens with zero attached hydrogens (tertiary/aromatic N) is 1. The Bertz CT molecular complexity index is 528. The third-order valence-electron chi connectivity index (χ3n) is 7.75. The molecule has 0 spiro atoms. The second-order valence-electron chi connectivity index (χ2n) is 11.7. The highest BCUT2D eigenvalue weighted by atomic mass is 35.5. The van der Waals surface area contributed by atoms with Crippen molar-refractivity contribution in [3.05, 3.63) is 48.6 Å². The quantitative estimate of drug-likeness (QED) is 0.0438. The fourth-order valence-corrected chi connectivity index (χ4v) is 5.34. The molecule has 0 radical (unpaired) electrons. The van der Waals surface area contributed by atoms with Gasteiger partial charge in [0.2, 0.25) is 0 Å². The molecule has 2 heteroatoms. The van der Waals surface area contributed by atoms with E-state index in [1.807, 2.05) is 0 Å². The number of hydrogen-bond donors (Lipinski definition) is 0. The third-order valence-corrected chi connectivity index (χ3v) is 7.92. The maximum Gasteiger partial charge on any atom is 0.0351 e. The second-order valence-corrected chi connectivity index (χ2v) is 12.1. The molecule has 0 rings (SSSR count). The molecule has 0 aliphatic rings. The minimum absolute atomic E-state index is 0.768. The topological polar surface area (TPSA) is 3.24 Å². The first-order valence-electron chi connectivity index (χ1n) is 17.7. The summed E-state index contributed by atoms with van der Waals surface area (Å²) in [5, 5.41) is 0. The van der Waals surface area contributed by atoms with Crippen molar-refractivity contribution in [3.8, 4) is 0 Å². The highest BCUT2D eigenvalue weighted by molar-refractivity contribution is 6.18. The fraction of sp³-hybridized carbons (Fsp3) is 0.789. The smallest absolute Gasteiger partial charge is 0.0351 e. The van der Waals surface area contributed by atoms with Gasteiger partial charge in [0.05, 0.1) is 0 Å². The predicted molar refractivity (Wildman–Crippen MR) is 186 cm³/mol. The summed E-state index contributed by atoms with van der Waals surface area (Å²) >= 11 is 6.09. The molecule has 0 aliphatic carbocycles. The number of allylic oxidation sites excluding steroid dienone is 8. The van der Waals surface area contributed by atoms with Gasteiger partial charge in [0, 0.05) is 12.4 Å². The van der Waals surface area contributed by atoms with Gasteiger partial charge in [0.15, 0.2) is 0 Å². The van der Waals surface area contributed by atoms with Crippen molar-refractivity contribution in [2.24, 2.45) is 0 Å². The molecule has 0 atom stereocenters. The Morgan fingerprint density at radius 2 is 0.700 bits per heavy atom. The Hall–Kier alpha value is -0.790. The van der Waals surface area contributed by atoms with Crippen LogP contribution in [0.2, 0.25) is 0 Å². The summed E-state index contributed by atoms with van der Waals surface area (Å²) in [6.07, 6.45) is 50.6. The van der Waals surface area contributed by atoms with E-state index in [2.05, 4.69) is 67.4 Å². The SMILES string of the molecule is CCCCCC=CCC=CCCCCCCCCN(CCCl)CCCCCCCC/C=C\C/C=C\CCCCC. The molecule has 0 aromatic carbocycles. The Balaban J connectivity index is 3.51. The van der Waals surface area contributed by atoms with E-state index < -0.39 is 0 Å². The van der Waals surface area contributed by atoms with Gasteiger partial charge < -0.3 is 4.90 Å². The molecule has 0 heterocycles. The second kappa shape index (κ2) is 36.2. The number of alkyl halides is 1. The average molecular weight is 576 g/mol. The molecule has 0 saturated carbocycles. The van der Waals surface area contributed by atoms with Crippen LogP contribution < -0.4 is 0 Å². The van der Waals surface area contributed by atoms with Crippen molar-refractivity contribution in [1.82, 2.24) is 4.90 Å². The van der Waals surface area contributed by atoms with Crippen LogP contribution in [-0.4, -0.2) is 30.4 Å².